The number of nitrogens with zero attached hydrogens (tertiary/aromatic N) is 2. The number of hydrogen-bond donors (Lipinski definition) is 1. The van der Waals surface area contributed by atoms with Crippen molar-refractivity contribution in [1.29, 1.82) is 0 Å². The van der Waals surface area contributed by atoms with Crippen LogP contribution in [0.3, 0.4) is 0 Å². The van der Waals surface area contributed by atoms with Gasteiger partial charge in [-0.15, -0.1) is 0 Å². The van der Waals surface area contributed by atoms with E-state index in [2.05, 4.69) is 5.32 Å². The molecule has 42 heavy (non-hydrogen) atoms. The topological polar surface area (TPSA) is 96.0 Å². The van der Waals surface area contributed by atoms with Gasteiger partial charge in [-0.25, -0.2) is 12.8 Å². The first kappa shape index (κ1) is 32.6. The van der Waals surface area contributed by atoms with Crippen molar-refractivity contribution in [2.24, 2.45) is 0 Å². The molecule has 2 atom stereocenters. The van der Waals surface area contributed by atoms with E-state index in [1.807, 2.05) is 44.2 Å². The molecule has 3 rings (SSSR count). The van der Waals surface area contributed by atoms with Crippen molar-refractivity contribution >= 4 is 27.5 Å². The Kier molecular flexibility index (Phi) is 11.9. The third-order valence-corrected chi connectivity index (χ3v) is 8.24. The van der Waals surface area contributed by atoms with Crippen molar-refractivity contribution in [2.45, 2.75) is 58.2 Å². The smallest absolute Gasteiger partial charge is 0.243 e. The van der Waals surface area contributed by atoms with Gasteiger partial charge in [0.05, 0.1) is 19.1 Å². The molecule has 226 valence electrons. The third-order valence-electron chi connectivity index (χ3n) is 7.05. The minimum atomic E-state index is -3.63. The van der Waals surface area contributed by atoms with Crippen molar-refractivity contribution in [3.63, 3.8) is 0 Å². The minimum Gasteiger partial charge on any atom is -0.497 e. The zero-order chi connectivity index (χ0) is 30.7. The van der Waals surface area contributed by atoms with E-state index in [0.29, 0.717) is 17.0 Å². The molecule has 0 aromatic heterocycles. The van der Waals surface area contributed by atoms with Gasteiger partial charge >= 0.3 is 0 Å². The largest absolute Gasteiger partial charge is 0.497 e. The Morgan fingerprint density at radius 1 is 0.952 bits per heavy atom. The zero-order valence-electron chi connectivity index (χ0n) is 24.6. The maximum atomic E-state index is 13.8. The lowest BCUT2D eigenvalue weighted by atomic mass is 10.0. The molecule has 3 aromatic carbocycles. The van der Waals surface area contributed by atoms with E-state index in [-0.39, 0.29) is 50.2 Å². The number of nitrogens with one attached hydrogen (secondary N) is 1. The molecule has 2 amide bonds. The quantitative estimate of drug-likeness (QED) is 0.268. The molecule has 3 aromatic rings. The molecule has 0 aliphatic heterocycles. The first-order chi connectivity index (χ1) is 20.0. The summed E-state index contributed by atoms with van der Waals surface area (Å²) < 4.78 is 45.3. The maximum Gasteiger partial charge on any atom is 0.243 e. The van der Waals surface area contributed by atoms with Crippen molar-refractivity contribution < 1.29 is 27.1 Å². The zero-order valence-corrected chi connectivity index (χ0v) is 25.4. The van der Waals surface area contributed by atoms with Crippen LogP contribution in [-0.4, -0.2) is 57.1 Å². The molecule has 0 radical (unpaired) electrons. The van der Waals surface area contributed by atoms with Crippen LogP contribution in [0, 0.1) is 5.82 Å². The molecule has 0 bridgehead atoms. The SMILES string of the molecule is CCC(C)NC(=O)C(Cc1ccccc1)N(Cc1ccc(F)cc1)C(=O)CCCN(c1ccc(OC)cc1)S(C)(=O)=O. The fourth-order valence-electron chi connectivity index (χ4n) is 4.53. The summed E-state index contributed by atoms with van der Waals surface area (Å²) in [6.45, 7) is 4.04. The number of carbonyl (C=O) groups is 2. The van der Waals surface area contributed by atoms with E-state index < -0.39 is 21.9 Å². The number of hydrogen-bond acceptors (Lipinski definition) is 5. The van der Waals surface area contributed by atoms with Gasteiger partial charge < -0.3 is 15.0 Å². The first-order valence-corrected chi connectivity index (χ1v) is 15.9. The second kappa shape index (κ2) is 15.3. The van der Waals surface area contributed by atoms with Crippen LogP contribution >= 0.6 is 0 Å². The highest BCUT2D eigenvalue weighted by molar-refractivity contribution is 7.92. The van der Waals surface area contributed by atoms with Crippen molar-refractivity contribution in [3.8, 4) is 5.75 Å². The number of rotatable bonds is 15. The Morgan fingerprint density at radius 3 is 2.17 bits per heavy atom. The number of sulfonamides is 1. The van der Waals surface area contributed by atoms with Crippen LogP contribution in [-0.2, 0) is 32.6 Å². The van der Waals surface area contributed by atoms with Crippen molar-refractivity contribution in [1.82, 2.24) is 10.2 Å². The molecule has 0 spiro atoms. The Hall–Kier alpha value is -3.92. The predicted octanol–water partition coefficient (Wildman–Crippen LogP) is 4.94. The average molecular weight is 598 g/mol. The first-order valence-electron chi connectivity index (χ1n) is 14.0. The summed E-state index contributed by atoms with van der Waals surface area (Å²) in [4.78, 5) is 29.0. The fraction of sp³-hybridized carbons (Fsp3) is 0.375. The van der Waals surface area contributed by atoms with Crippen molar-refractivity contribution in [3.05, 3.63) is 95.8 Å². The van der Waals surface area contributed by atoms with E-state index in [0.717, 1.165) is 18.2 Å². The van der Waals surface area contributed by atoms with Crippen LogP contribution < -0.4 is 14.4 Å². The number of anilines is 1. The molecule has 2 unspecified atom stereocenters. The summed E-state index contributed by atoms with van der Waals surface area (Å²) in [5, 5.41) is 3.01. The summed E-state index contributed by atoms with van der Waals surface area (Å²) in [6, 6.07) is 21.0. The summed E-state index contributed by atoms with van der Waals surface area (Å²) in [7, 11) is -2.10. The molecule has 10 heteroatoms. The van der Waals surface area contributed by atoms with Crippen molar-refractivity contribution in [2.75, 3.05) is 24.2 Å². The van der Waals surface area contributed by atoms with Gasteiger partial charge in [-0.1, -0.05) is 49.4 Å². The highest BCUT2D eigenvalue weighted by Gasteiger charge is 2.31. The van der Waals surface area contributed by atoms with E-state index >= 15 is 0 Å². The summed E-state index contributed by atoms with van der Waals surface area (Å²) in [5.74, 6) is -0.382. The average Bonchev–Trinajstić information content (AvgIpc) is 2.97. The predicted molar refractivity (Wildman–Crippen MR) is 163 cm³/mol. The van der Waals surface area contributed by atoms with Gasteiger partial charge in [0.1, 0.15) is 17.6 Å². The minimum absolute atomic E-state index is 0.00523. The second-order valence-corrected chi connectivity index (χ2v) is 12.2. The number of carbonyl (C=O) groups excluding carboxylic acids is 2. The second-order valence-electron chi connectivity index (χ2n) is 10.3. The summed E-state index contributed by atoms with van der Waals surface area (Å²) in [5.41, 5.74) is 2.03. The Balaban J connectivity index is 1.87. The molecule has 0 saturated heterocycles. The van der Waals surface area contributed by atoms with Gasteiger partial charge in [0.15, 0.2) is 0 Å². The lowest BCUT2D eigenvalue weighted by Gasteiger charge is -2.32. The van der Waals surface area contributed by atoms with Gasteiger partial charge in [0, 0.05) is 32.0 Å². The maximum absolute atomic E-state index is 13.8. The molecule has 0 fully saturated rings. The standard InChI is InChI=1S/C32H40FN3O5S/c1-5-24(2)34-32(38)30(22-25-10-7-6-8-11-25)35(23-26-13-15-27(33)16-14-26)31(37)12-9-21-36(42(4,39)40)28-17-19-29(41-3)20-18-28/h6-8,10-11,13-20,24,30H,5,9,12,21-23H2,1-4H3,(H,34,38). The van der Waals surface area contributed by atoms with E-state index in [9.17, 15) is 22.4 Å². The molecule has 0 heterocycles. The van der Waals surface area contributed by atoms with E-state index in [1.165, 1.54) is 28.4 Å². The molecule has 0 saturated carbocycles. The fourth-order valence-corrected chi connectivity index (χ4v) is 5.50. The molecular weight excluding hydrogens is 557 g/mol. The van der Waals surface area contributed by atoms with E-state index in [1.54, 1.807) is 36.4 Å². The van der Waals surface area contributed by atoms with Gasteiger partial charge in [0.2, 0.25) is 21.8 Å². The lowest BCUT2D eigenvalue weighted by Crippen LogP contribution is -2.52. The summed E-state index contributed by atoms with van der Waals surface area (Å²) >= 11 is 0. The number of ether oxygens (including phenoxy) is 1. The normalized spacial score (nSPS) is 12.7. The van der Waals surface area contributed by atoms with Gasteiger partial charge in [0.25, 0.3) is 0 Å². The molecule has 0 aliphatic rings. The molecular formula is C32H40FN3O5S. The number of amides is 2. The van der Waals surface area contributed by atoms with Crippen LogP contribution in [0.1, 0.15) is 44.2 Å². The number of benzene rings is 3. The van der Waals surface area contributed by atoms with Crippen LogP contribution in [0.4, 0.5) is 10.1 Å². The summed E-state index contributed by atoms with van der Waals surface area (Å²) in [6.07, 6.45) is 2.36. The number of methoxy groups -OCH3 is 1. The molecule has 0 aliphatic carbocycles. The third kappa shape index (κ3) is 9.58. The molecule has 1 N–H and O–H groups in total. The Bertz CT molecular complexity index is 1400. The lowest BCUT2D eigenvalue weighted by molar-refractivity contribution is -0.141. The highest BCUT2D eigenvalue weighted by Crippen LogP contribution is 2.23. The van der Waals surface area contributed by atoms with Crippen LogP contribution in [0.25, 0.3) is 0 Å². The Labute approximate surface area is 248 Å². The van der Waals surface area contributed by atoms with Crippen LogP contribution in [0.2, 0.25) is 0 Å². The van der Waals surface area contributed by atoms with E-state index in [4.69, 9.17) is 4.74 Å². The number of halogens is 1. The van der Waals surface area contributed by atoms with Gasteiger partial charge in [-0.3, -0.25) is 13.9 Å². The van der Waals surface area contributed by atoms with Crippen LogP contribution in [0.5, 0.6) is 5.75 Å². The molecule has 8 nitrogen and oxygen atoms in total. The van der Waals surface area contributed by atoms with Gasteiger partial charge in [-0.2, -0.15) is 0 Å². The Morgan fingerprint density at radius 2 is 1.60 bits per heavy atom. The van der Waals surface area contributed by atoms with Gasteiger partial charge in [-0.05, 0) is 67.3 Å². The monoisotopic (exact) mass is 597 g/mol. The van der Waals surface area contributed by atoms with Crippen LogP contribution in [0.15, 0.2) is 78.9 Å². The highest BCUT2D eigenvalue weighted by atomic mass is 32.2.